The van der Waals surface area contributed by atoms with Crippen LogP contribution in [0.15, 0.2) is 11.0 Å². The number of aromatic amines is 1. The van der Waals surface area contributed by atoms with Crippen LogP contribution in [-0.2, 0) is 9.53 Å². The van der Waals surface area contributed by atoms with Crippen molar-refractivity contribution in [2.24, 2.45) is 0 Å². The van der Waals surface area contributed by atoms with Gasteiger partial charge in [-0.25, -0.2) is 14.6 Å². The fraction of sp³-hybridized carbons (Fsp3) is 0.533. The highest BCUT2D eigenvalue weighted by Gasteiger charge is 2.43. The van der Waals surface area contributed by atoms with Gasteiger partial charge in [0.1, 0.15) is 17.2 Å². The Hall–Kier alpha value is -2.62. The lowest BCUT2D eigenvalue weighted by Crippen LogP contribution is -2.43. The maximum Gasteiger partial charge on any atom is 0.411 e. The number of amides is 1. The number of fused-ring (bicyclic) bond motifs is 1. The Morgan fingerprint density at radius 3 is 2.73 bits per heavy atom. The van der Waals surface area contributed by atoms with Crippen LogP contribution in [0.5, 0.6) is 0 Å². The number of ether oxygens (including phenoxy) is 1. The number of hydrogen-bond donors (Lipinski definition) is 2. The molecule has 2 atom stereocenters. The summed E-state index contributed by atoms with van der Waals surface area (Å²) in [5, 5.41) is 13.6. The summed E-state index contributed by atoms with van der Waals surface area (Å²) in [5.41, 5.74) is -0.773. The first-order valence-electron chi connectivity index (χ1n) is 7.92. The molecule has 3 rings (SSSR count). The van der Waals surface area contributed by atoms with Crippen molar-refractivity contribution in [3.8, 4) is 0 Å². The van der Waals surface area contributed by atoms with Gasteiger partial charge in [-0.05, 0) is 32.4 Å². The standard InChI is InChI=1S/C15H18ClN5O5/c1-15(2,3)26-14(25)20-6-7(4-9(20)12(23)24)21-10-8(5-17-21)18-13(16)19-11(10)22/h5,7,9H,4,6H2,1-3H3,(H,23,24)(H,18,19,22). The summed E-state index contributed by atoms with van der Waals surface area (Å²) in [5.74, 6) is -1.15. The summed E-state index contributed by atoms with van der Waals surface area (Å²) in [6.45, 7) is 5.14. The molecule has 26 heavy (non-hydrogen) atoms. The van der Waals surface area contributed by atoms with Crippen LogP contribution in [0.3, 0.4) is 0 Å². The summed E-state index contributed by atoms with van der Waals surface area (Å²) in [6.07, 6.45) is 0.745. The molecule has 2 unspecified atom stereocenters. The minimum Gasteiger partial charge on any atom is -0.480 e. The van der Waals surface area contributed by atoms with Crippen molar-refractivity contribution in [3.63, 3.8) is 0 Å². The van der Waals surface area contributed by atoms with Gasteiger partial charge < -0.3 is 9.84 Å². The van der Waals surface area contributed by atoms with Gasteiger partial charge in [-0.3, -0.25) is 19.4 Å². The predicted octanol–water partition coefficient (Wildman–Crippen LogP) is 1.41. The minimum absolute atomic E-state index is 0.0464. The number of nitrogens with one attached hydrogen (secondary N) is 1. The highest BCUT2D eigenvalue weighted by molar-refractivity contribution is 6.28. The second-order valence-corrected chi connectivity index (χ2v) is 7.41. The van der Waals surface area contributed by atoms with Crippen molar-refractivity contribution >= 4 is 34.7 Å². The number of carbonyl (C=O) groups is 2. The van der Waals surface area contributed by atoms with Gasteiger partial charge in [0.2, 0.25) is 5.28 Å². The van der Waals surface area contributed by atoms with Crippen LogP contribution in [-0.4, -0.2) is 60.0 Å². The number of halogens is 1. The molecule has 1 aliphatic rings. The Morgan fingerprint density at radius 1 is 1.42 bits per heavy atom. The van der Waals surface area contributed by atoms with Crippen LogP contribution in [0.25, 0.3) is 11.0 Å². The highest BCUT2D eigenvalue weighted by Crippen LogP contribution is 2.30. The summed E-state index contributed by atoms with van der Waals surface area (Å²) in [6, 6.07) is -1.58. The van der Waals surface area contributed by atoms with Crippen molar-refractivity contribution in [3.05, 3.63) is 21.8 Å². The van der Waals surface area contributed by atoms with Crippen LogP contribution in [0.2, 0.25) is 5.28 Å². The van der Waals surface area contributed by atoms with Crippen molar-refractivity contribution in [1.29, 1.82) is 0 Å². The molecule has 1 fully saturated rings. The molecule has 3 heterocycles. The first-order chi connectivity index (χ1) is 12.1. The molecule has 11 heteroatoms. The Balaban J connectivity index is 1.95. The third-order valence-corrected chi connectivity index (χ3v) is 4.14. The molecule has 0 saturated carbocycles. The number of aromatic nitrogens is 4. The first kappa shape index (κ1) is 18.2. The molecule has 1 amide bonds. The van der Waals surface area contributed by atoms with Gasteiger partial charge in [-0.2, -0.15) is 5.10 Å². The molecule has 10 nitrogen and oxygen atoms in total. The molecular formula is C15H18ClN5O5. The number of rotatable bonds is 2. The van der Waals surface area contributed by atoms with E-state index in [1.807, 2.05) is 0 Å². The van der Waals surface area contributed by atoms with Crippen molar-refractivity contribution in [2.75, 3.05) is 6.54 Å². The van der Waals surface area contributed by atoms with E-state index in [0.717, 1.165) is 4.90 Å². The van der Waals surface area contributed by atoms with Crippen LogP contribution in [0.1, 0.15) is 33.2 Å². The number of likely N-dealkylation sites (tertiary alicyclic amines) is 1. The van der Waals surface area contributed by atoms with Crippen LogP contribution in [0.4, 0.5) is 4.79 Å². The quantitative estimate of drug-likeness (QED) is 0.749. The maximum absolute atomic E-state index is 12.4. The SMILES string of the molecule is CC(C)(C)OC(=O)N1CC(n2ncc3nc(Cl)[nH]c(=O)c32)CC1C(=O)O. The second kappa shape index (κ2) is 6.27. The van der Waals surface area contributed by atoms with E-state index in [1.54, 1.807) is 20.8 Å². The largest absolute Gasteiger partial charge is 0.480 e. The van der Waals surface area contributed by atoms with E-state index in [4.69, 9.17) is 16.3 Å². The van der Waals surface area contributed by atoms with Gasteiger partial charge in [-0.1, -0.05) is 0 Å². The third kappa shape index (κ3) is 3.36. The summed E-state index contributed by atoms with van der Waals surface area (Å²) >= 11 is 5.73. The van der Waals surface area contributed by atoms with E-state index >= 15 is 0 Å². The summed E-state index contributed by atoms with van der Waals surface area (Å²) in [7, 11) is 0. The Kier molecular flexibility index (Phi) is 4.39. The van der Waals surface area contributed by atoms with E-state index in [9.17, 15) is 19.5 Å². The van der Waals surface area contributed by atoms with Gasteiger partial charge in [0.25, 0.3) is 5.56 Å². The smallest absolute Gasteiger partial charge is 0.411 e. The van der Waals surface area contributed by atoms with E-state index < -0.39 is 35.3 Å². The molecule has 2 aromatic heterocycles. The Labute approximate surface area is 152 Å². The molecule has 0 spiro atoms. The van der Waals surface area contributed by atoms with Crippen LogP contribution in [0, 0.1) is 0 Å². The number of hydrogen-bond acceptors (Lipinski definition) is 6. The number of H-pyrrole nitrogens is 1. The molecule has 1 aliphatic heterocycles. The van der Waals surface area contributed by atoms with E-state index in [1.165, 1.54) is 10.9 Å². The average Bonchev–Trinajstić information content (AvgIpc) is 3.08. The molecule has 0 bridgehead atoms. The van der Waals surface area contributed by atoms with Gasteiger partial charge >= 0.3 is 12.1 Å². The monoisotopic (exact) mass is 383 g/mol. The molecule has 0 aliphatic carbocycles. The van der Waals surface area contributed by atoms with Crippen molar-refractivity contribution in [1.82, 2.24) is 24.6 Å². The fourth-order valence-electron chi connectivity index (χ4n) is 2.97. The number of carboxylic acids is 1. The molecule has 2 aromatic rings. The van der Waals surface area contributed by atoms with Crippen molar-refractivity contribution in [2.45, 2.75) is 44.9 Å². The lowest BCUT2D eigenvalue weighted by Gasteiger charge is -2.26. The lowest BCUT2D eigenvalue weighted by molar-refractivity contribution is -0.142. The van der Waals surface area contributed by atoms with Crippen LogP contribution >= 0.6 is 11.6 Å². The molecule has 0 aromatic carbocycles. The molecule has 140 valence electrons. The number of aliphatic carboxylic acids is 1. The molecule has 1 saturated heterocycles. The van der Waals surface area contributed by atoms with E-state index in [2.05, 4.69) is 15.1 Å². The Bertz CT molecular complexity index is 931. The zero-order valence-corrected chi connectivity index (χ0v) is 15.1. The molecule has 0 radical (unpaired) electrons. The predicted molar refractivity (Wildman–Crippen MR) is 91.2 cm³/mol. The van der Waals surface area contributed by atoms with Gasteiger partial charge in [0.15, 0.2) is 5.52 Å². The average molecular weight is 384 g/mol. The fourth-order valence-corrected chi connectivity index (χ4v) is 3.14. The zero-order valence-electron chi connectivity index (χ0n) is 14.4. The third-order valence-electron chi connectivity index (χ3n) is 3.96. The first-order valence-corrected chi connectivity index (χ1v) is 8.30. The zero-order chi connectivity index (χ0) is 19.2. The summed E-state index contributed by atoms with van der Waals surface area (Å²) < 4.78 is 6.68. The molecule has 2 N–H and O–H groups in total. The van der Waals surface area contributed by atoms with Gasteiger partial charge in [-0.15, -0.1) is 0 Å². The van der Waals surface area contributed by atoms with E-state index in [-0.39, 0.29) is 23.8 Å². The van der Waals surface area contributed by atoms with Gasteiger partial charge in [0, 0.05) is 13.0 Å². The highest BCUT2D eigenvalue weighted by atomic mass is 35.5. The number of carbonyl (C=O) groups excluding carboxylic acids is 1. The van der Waals surface area contributed by atoms with Gasteiger partial charge in [0.05, 0.1) is 12.2 Å². The minimum atomic E-state index is -1.15. The summed E-state index contributed by atoms with van der Waals surface area (Å²) in [4.78, 5) is 43.7. The van der Waals surface area contributed by atoms with Crippen LogP contribution < -0.4 is 5.56 Å². The van der Waals surface area contributed by atoms with Crippen molar-refractivity contribution < 1.29 is 19.4 Å². The Morgan fingerprint density at radius 2 is 2.12 bits per heavy atom. The second-order valence-electron chi connectivity index (χ2n) is 7.06. The van der Waals surface area contributed by atoms with E-state index in [0.29, 0.717) is 5.52 Å². The number of carboxylic acid groups (broad SMARTS) is 1. The normalized spacial score (nSPS) is 20.5. The topological polar surface area (TPSA) is 130 Å². The number of nitrogens with zero attached hydrogens (tertiary/aromatic N) is 4. The maximum atomic E-state index is 12.4. The lowest BCUT2D eigenvalue weighted by atomic mass is 10.1. The molecular weight excluding hydrogens is 366 g/mol.